The molecular weight excluding hydrogens is 252 g/mol. The number of nitrogens with one attached hydrogen (secondary N) is 1. The fourth-order valence-corrected chi connectivity index (χ4v) is 2.97. The zero-order chi connectivity index (χ0) is 14.5. The van der Waals surface area contributed by atoms with Gasteiger partial charge in [-0.15, -0.1) is 0 Å². The Morgan fingerprint density at radius 2 is 2.35 bits per heavy atom. The lowest BCUT2D eigenvalue weighted by molar-refractivity contribution is 0.362. The first-order valence-corrected chi connectivity index (χ1v) is 7.36. The van der Waals surface area contributed by atoms with Crippen LogP contribution in [-0.2, 0) is 7.05 Å². The normalized spacial score (nSPS) is 16.3. The van der Waals surface area contributed by atoms with Crippen molar-refractivity contribution in [3.63, 3.8) is 0 Å². The molecule has 0 saturated heterocycles. The Morgan fingerprint density at radius 3 is 2.95 bits per heavy atom. The van der Waals surface area contributed by atoms with Gasteiger partial charge in [-0.2, -0.15) is 5.10 Å². The van der Waals surface area contributed by atoms with Crippen LogP contribution in [0.15, 0.2) is 11.6 Å². The van der Waals surface area contributed by atoms with E-state index in [9.17, 15) is 0 Å². The Balaban J connectivity index is 2.00. The molecule has 3 N–H and O–H groups in total. The highest BCUT2D eigenvalue weighted by molar-refractivity contribution is 5.34. The number of nitrogens with zero attached hydrogens (tertiary/aromatic N) is 2. The number of ether oxygens (including phenoxy) is 1. The van der Waals surface area contributed by atoms with E-state index in [0.717, 1.165) is 30.1 Å². The summed E-state index contributed by atoms with van der Waals surface area (Å²) >= 11 is 0. The molecule has 5 nitrogen and oxygen atoms in total. The third-order valence-corrected chi connectivity index (χ3v) is 3.96. The molecule has 1 aromatic rings. The monoisotopic (exact) mass is 278 g/mol. The molecule has 5 heteroatoms. The van der Waals surface area contributed by atoms with E-state index in [-0.39, 0.29) is 6.04 Å². The van der Waals surface area contributed by atoms with Crippen molar-refractivity contribution in [2.75, 3.05) is 20.2 Å². The molecule has 0 spiro atoms. The summed E-state index contributed by atoms with van der Waals surface area (Å²) in [6.07, 6.45) is 7.29. The molecule has 20 heavy (non-hydrogen) atoms. The highest BCUT2D eigenvalue weighted by Crippen LogP contribution is 2.27. The molecule has 1 aromatic heterocycles. The Morgan fingerprint density at radius 1 is 1.55 bits per heavy atom. The maximum Gasteiger partial charge on any atom is 0.216 e. The summed E-state index contributed by atoms with van der Waals surface area (Å²) < 4.78 is 7.23. The topological polar surface area (TPSA) is 65.1 Å². The van der Waals surface area contributed by atoms with Crippen LogP contribution < -0.4 is 15.8 Å². The van der Waals surface area contributed by atoms with Crippen molar-refractivity contribution >= 4 is 0 Å². The van der Waals surface area contributed by atoms with Crippen molar-refractivity contribution in [1.82, 2.24) is 15.1 Å². The van der Waals surface area contributed by atoms with Crippen molar-refractivity contribution in [3.8, 4) is 5.88 Å². The molecule has 0 fully saturated rings. The molecule has 0 radical (unpaired) electrons. The van der Waals surface area contributed by atoms with Crippen LogP contribution >= 0.6 is 0 Å². The van der Waals surface area contributed by atoms with Crippen LogP contribution in [0.3, 0.4) is 0 Å². The van der Waals surface area contributed by atoms with Crippen molar-refractivity contribution in [2.45, 2.75) is 38.6 Å². The zero-order valence-electron chi connectivity index (χ0n) is 12.8. The van der Waals surface area contributed by atoms with E-state index in [1.165, 1.54) is 19.3 Å². The molecule has 0 amide bonds. The number of aryl methyl sites for hydroxylation is 2. The molecule has 1 aliphatic carbocycles. The third-order valence-electron chi connectivity index (χ3n) is 3.96. The van der Waals surface area contributed by atoms with Gasteiger partial charge in [-0.25, -0.2) is 4.68 Å². The van der Waals surface area contributed by atoms with Crippen LogP contribution in [0.2, 0.25) is 0 Å². The molecule has 0 aromatic carbocycles. The van der Waals surface area contributed by atoms with E-state index in [2.05, 4.69) is 16.5 Å². The first-order chi connectivity index (χ1) is 9.67. The number of methoxy groups -OCH3 is 1. The summed E-state index contributed by atoms with van der Waals surface area (Å²) in [6.45, 7) is 3.49. The van der Waals surface area contributed by atoms with Gasteiger partial charge in [0.25, 0.3) is 0 Å². The SMILES string of the molecule is COc1c(C(CN)NCCC2=CCCC2)c(C)nn1C. The van der Waals surface area contributed by atoms with E-state index in [4.69, 9.17) is 10.5 Å². The van der Waals surface area contributed by atoms with Crippen molar-refractivity contribution in [2.24, 2.45) is 12.8 Å². The lowest BCUT2D eigenvalue weighted by Crippen LogP contribution is -2.29. The van der Waals surface area contributed by atoms with Crippen LogP contribution in [0.25, 0.3) is 0 Å². The Hall–Kier alpha value is -1.33. The van der Waals surface area contributed by atoms with E-state index in [1.807, 2.05) is 14.0 Å². The van der Waals surface area contributed by atoms with Crippen molar-refractivity contribution < 1.29 is 4.74 Å². The first-order valence-electron chi connectivity index (χ1n) is 7.36. The largest absolute Gasteiger partial charge is 0.481 e. The van der Waals surface area contributed by atoms with E-state index in [0.29, 0.717) is 6.54 Å². The van der Waals surface area contributed by atoms with Gasteiger partial charge in [-0.1, -0.05) is 11.6 Å². The highest BCUT2D eigenvalue weighted by Gasteiger charge is 2.21. The van der Waals surface area contributed by atoms with Crippen LogP contribution in [0.4, 0.5) is 0 Å². The Labute approximate surface area is 121 Å². The zero-order valence-corrected chi connectivity index (χ0v) is 12.8. The van der Waals surface area contributed by atoms with Gasteiger partial charge in [-0.3, -0.25) is 0 Å². The average molecular weight is 278 g/mol. The van der Waals surface area contributed by atoms with Crippen molar-refractivity contribution in [3.05, 3.63) is 22.9 Å². The molecule has 1 unspecified atom stereocenters. The minimum absolute atomic E-state index is 0.0978. The fraction of sp³-hybridized carbons (Fsp3) is 0.667. The summed E-state index contributed by atoms with van der Waals surface area (Å²) in [5, 5.41) is 7.96. The Kier molecular flexibility index (Phi) is 5.20. The summed E-state index contributed by atoms with van der Waals surface area (Å²) in [7, 11) is 3.57. The van der Waals surface area contributed by atoms with Gasteiger partial charge in [0.15, 0.2) is 0 Å². The average Bonchev–Trinajstić information content (AvgIpc) is 3.03. The van der Waals surface area contributed by atoms with Crippen LogP contribution in [0.5, 0.6) is 5.88 Å². The summed E-state index contributed by atoms with van der Waals surface area (Å²) in [5.74, 6) is 0.797. The van der Waals surface area contributed by atoms with Crippen LogP contribution in [0, 0.1) is 6.92 Å². The van der Waals surface area contributed by atoms with Gasteiger partial charge in [0.2, 0.25) is 5.88 Å². The van der Waals surface area contributed by atoms with Gasteiger partial charge < -0.3 is 15.8 Å². The smallest absolute Gasteiger partial charge is 0.216 e. The lowest BCUT2D eigenvalue weighted by Gasteiger charge is -2.18. The molecule has 0 aliphatic heterocycles. The molecule has 1 heterocycles. The molecule has 112 valence electrons. The van der Waals surface area contributed by atoms with Gasteiger partial charge in [0.05, 0.1) is 24.4 Å². The minimum atomic E-state index is 0.0978. The second-order valence-electron chi connectivity index (χ2n) is 5.38. The highest BCUT2D eigenvalue weighted by atomic mass is 16.5. The van der Waals surface area contributed by atoms with Crippen LogP contribution in [0.1, 0.15) is 43.0 Å². The first kappa shape index (κ1) is 15.1. The molecule has 0 bridgehead atoms. The van der Waals surface area contributed by atoms with Gasteiger partial charge in [0, 0.05) is 13.6 Å². The maximum absolute atomic E-state index is 5.93. The second kappa shape index (κ2) is 6.90. The molecule has 2 rings (SSSR count). The minimum Gasteiger partial charge on any atom is -0.481 e. The number of hydrogen-bond acceptors (Lipinski definition) is 4. The molecule has 1 aliphatic rings. The number of aromatic nitrogens is 2. The number of nitrogens with two attached hydrogens (primary N) is 1. The summed E-state index contributed by atoms with van der Waals surface area (Å²) in [5.41, 5.74) is 9.56. The third kappa shape index (κ3) is 3.22. The van der Waals surface area contributed by atoms with E-state index >= 15 is 0 Å². The fourth-order valence-electron chi connectivity index (χ4n) is 2.97. The quantitative estimate of drug-likeness (QED) is 0.747. The summed E-state index contributed by atoms with van der Waals surface area (Å²) in [6, 6.07) is 0.0978. The van der Waals surface area contributed by atoms with Gasteiger partial charge >= 0.3 is 0 Å². The second-order valence-corrected chi connectivity index (χ2v) is 5.38. The number of allylic oxidation sites excluding steroid dienone is 1. The summed E-state index contributed by atoms with van der Waals surface area (Å²) in [4.78, 5) is 0. The lowest BCUT2D eigenvalue weighted by atomic mass is 10.1. The predicted molar refractivity (Wildman–Crippen MR) is 80.8 cm³/mol. The molecule has 0 saturated carbocycles. The van der Waals surface area contributed by atoms with Gasteiger partial charge in [-0.05, 0) is 39.2 Å². The number of hydrogen-bond donors (Lipinski definition) is 2. The molecule has 1 atom stereocenters. The Bertz CT molecular complexity index is 478. The van der Waals surface area contributed by atoms with E-state index in [1.54, 1.807) is 17.4 Å². The maximum atomic E-state index is 5.93. The van der Waals surface area contributed by atoms with Crippen molar-refractivity contribution in [1.29, 1.82) is 0 Å². The predicted octanol–water partition coefficient (Wildman–Crippen LogP) is 1.83. The standard InChI is InChI=1S/C15H26N4O/c1-11-14(15(20-3)19(2)18-11)13(10-16)17-9-8-12-6-4-5-7-12/h6,13,17H,4-5,7-10,16H2,1-3H3. The number of rotatable bonds is 7. The van der Waals surface area contributed by atoms with Gasteiger partial charge in [0.1, 0.15) is 0 Å². The molecular formula is C15H26N4O. The van der Waals surface area contributed by atoms with E-state index < -0.39 is 0 Å². The van der Waals surface area contributed by atoms with Crippen LogP contribution in [-0.4, -0.2) is 30.0 Å².